The minimum Gasteiger partial charge on any atom is -0.250 e. The Morgan fingerprint density at radius 1 is 1.24 bits per heavy atom. The molecule has 2 rings (SSSR count). The highest BCUT2D eigenvalue weighted by atomic mass is 19.1. The summed E-state index contributed by atoms with van der Waals surface area (Å²) in [5.41, 5.74) is 3.88. The second-order valence-electron chi connectivity index (χ2n) is 5.31. The van der Waals surface area contributed by atoms with Crippen molar-refractivity contribution >= 4 is 5.57 Å². The molecule has 1 heterocycles. The molecule has 0 unspecified atom stereocenters. The van der Waals surface area contributed by atoms with Gasteiger partial charge in [0.1, 0.15) is 5.82 Å². The van der Waals surface area contributed by atoms with E-state index in [1.165, 1.54) is 17.2 Å². The van der Waals surface area contributed by atoms with E-state index in [9.17, 15) is 4.39 Å². The normalized spacial score (nSPS) is 18.6. The van der Waals surface area contributed by atoms with Crippen LogP contribution in [-0.4, -0.2) is 4.98 Å². The third-order valence-electron chi connectivity index (χ3n) is 3.34. The lowest BCUT2D eigenvalue weighted by atomic mass is 9.74. The average molecular weight is 231 g/mol. The molecule has 1 aromatic heterocycles. The molecule has 0 aliphatic heterocycles. The van der Waals surface area contributed by atoms with Crippen LogP contribution in [0.15, 0.2) is 29.9 Å². The molecule has 0 aromatic carbocycles. The van der Waals surface area contributed by atoms with Crippen molar-refractivity contribution in [3.05, 3.63) is 47.1 Å². The topological polar surface area (TPSA) is 12.9 Å². The van der Waals surface area contributed by atoms with Crippen molar-refractivity contribution in [3.63, 3.8) is 0 Å². The van der Waals surface area contributed by atoms with E-state index >= 15 is 0 Å². The highest BCUT2D eigenvalue weighted by Crippen LogP contribution is 2.42. The van der Waals surface area contributed by atoms with Gasteiger partial charge in [0.25, 0.3) is 0 Å². The predicted octanol–water partition coefficient (Wildman–Crippen LogP) is 4.29. The summed E-state index contributed by atoms with van der Waals surface area (Å²) in [6, 6.07) is 3.29. The minimum absolute atomic E-state index is 0.0656. The molecule has 1 nitrogen and oxygen atoms in total. The maximum Gasteiger partial charge on any atom is 0.144 e. The Labute approximate surface area is 102 Å². The van der Waals surface area contributed by atoms with E-state index in [4.69, 9.17) is 0 Å². The molecule has 0 amide bonds. The zero-order valence-electron chi connectivity index (χ0n) is 10.8. The lowest BCUT2D eigenvalue weighted by molar-refractivity contribution is 0.500. The van der Waals surface area contributed by atoms with E-state index in [-0.39, 0.29) is 11.2 Å². The predicted molar refractivity (Wildman–Crippen MR) is 69.1 cm³/mol. The molecule has 1 aliphatic rings. The molecule has 0 radical (unpaired) electrons. The summed E-state index contributed by atoms with van der Waals surface area (Å²) in [7, 11) is 0. The van der Waals surface area contributed by atoms with Gasteiger partial charge in [0.15, 0.2) is 0 Å². The number of aromatic nitrogens is 1. The first-order chi connectivity index (χ1) is 7.92. The Morgan fingerprint density at radius 3 is 2.53 bits per heavy atom. The summed E-state index contributed by atoms with van der Waals surface area (Å²) >= 11 is 0. The molecule has 0 fully saturated rings. The summed E-state index contributed by atoms with van der Waals surface area (Å²) in [6.07, 6.45) is 5.31. The number of pyridine rings is 1. The lowest BCUT2D eigenvalue weighted by Crippen LogP contribution is -2.18. The molecule has 0 saturated heterocycles. The van der Waals surface area contributed by atoms with Crippen LogP contribution < -0.4 is 0 Å². The summed E-state index contributed by atoms with van der Waals surface area (Å²) in [6.45, 7) is 8.21. The highest BCUT2D eigenvalue weighted by molar-refractivity contribution is 5.73. The van der Waals surface area contributed by atoms with Crippen LogP contribution in [0, 0.1) is 18.2 Å². The molecule has 0 spiro atoms. The lowest BCUT2D eigenvalue weighted by Gasteiger charge is -2.31. The molecular weight excluding hydrogens is 213 g/mol. The first kappa shape index (κ1) is 12.0. The van der Waals surface area contributed by atoms with Gasteiger partial charge < -0.3 is 0 Å². The smallest absolute Gasteiger partial charge is 0.144 e. The molecule has 0 saturated carbocycles. The van der Waals surface area contributed by atoms with Crippen molar-refractivity contribution < 1.29 is 4.39 Å². The third kappa shape index (κ3) is 2.17. The van der Waals surface area contributed by atoms with E-state index in [1.54, 1.807) is 13.0 Å². The van der Waals surface area contributed by atoms with Crippen molar-refractivity contribution in [1.82, 2.24) is 4.98 Å². The number of rotatable bonds is 1. The largest absolute Gasteiger partial charge is 0.250 e. The summed E-state index contributed by atoms with van der Waals surface area (Å²) < 4.78 is 13.3. The van der Waals surface area contributed by atoms with Crippen LogP contribution in [0.1, 0.15) is 38.6 Å². The number of halogens is 1. The van der Waals surface area contributed by atoms with E-state index in [0.29, 0.717) is 5.69 Å². The summed E-state index contributed by atoms with van der Waals surface area (Å²) in [4.78, 5) is 4.38. The average Bonchev–Trinajstić information content (AvgIpc) is 2.22. The number of allylic oxidation sites excluding steroid dienone is 4. The van der Waals surface area contributed by atoms with Crippen molar-refractivity contribution in [3.8, 4) is 0 Å². The fourth-order valence-electron chi connectivity index (χ4n) is 2.48. The maximum atomic E-state index is 13.3. The van der Waals surface area contributed by atoms with Gasteiger partial charge in [-0.05, 0) is 49.0 Å². The van der Waals surface area contributed by atoms with Crippen LogP contribution in [-0.2, 0) is 0 Å². The van der Waals surface area contributed by atoms with Gasteiger partial charge in [-0.25, -0.2) is 4.39 Å². The molecule has 17 heavy (non-hydrogen) atoms. The Morgan fingerprint density at radius 2 is 1.94 bits per heavy atom. The molecule has 0 N–H and O–H groups in total. The van der Waals surface area contributed by atoms with Crippen molar-refractivity contribution in [1.29, 1.82) is 0 Å². The van der Waals surface area contributed by atoms with Gasteiger partial charge in [-0.3, -0.25) is 4.98 Å². The first-order valence-electron chi connectivity index (χ1n) is 5.93. The Hall–Kier alpha value is -1.44. The molecule has 1 aromatic rings. The Balaban J connectivity index is 2.58. The Bertz CT molecular complexity index is 510. The minimum atomic E-state index is -0.240. The number of aryl methyl sites for hydroxylation is 1. The van der Waals surface area contributed by atoms with Gasteiger partial charge in [0, 0.05) is 0 Å². The van der Waals surface area contributed by atoms with Crippen LogP contribution in [0.3, 0.4) is 0 Å². The molecule has 1 aliphatic carbocycles. The number of hydrogen-bond donors (Lipinski definition) is 0. The molecule has 0 atom stereocenters. The van der Waals surface area contributed by atoms with Crippen molar-refractivity contribution in [2.24, 2.45) is 5.41 Å². The quantitative estimate of drug-likeness (QED) is 0.702. The molecule has 2 heteroatoms. The molecular formula is C15H18FN. The van der Waals surface area contributed by atoms with Gasteiger partial charge in [0.2, 0.25) is 0 Å². The van der Waals surface area contributed by atoms with E-state index in [1.807, 2.05) is 0 Å². The van der Waals surface area contributed by atoms with Gasteiger partial charge >= 0.3 is 0 Å². The molecule has 90 valence electrons. The van der Waals surface area contributed by atoms with Crippen LogP contribution in [0.2, 0.25) is 0 Å². The monoisotopic (exact) mass is 231 g/mol. The van der Waals surface area contributed by atoms with E-state index in [0.717, 1.165) is 12.1 Å². The summed E-state index contributed by atoms with van der Waals surface area (Å²) in [5, 5.41) is 0. The second-order valence-corrected chi connectivity index (χ2v) is 5.31. The van der Waals surface area contributed by atoms with Crippen molar-refractivity contribution in [2.45, 2.75) is 34.1 Å². The fraction of sp³-hybridized carbons (Fsp3) is 0.400. The van der Waals surface area contributed by atoms with Crippen molar-refractivity contribution in [2.75, 3.05) is 0 Å². The van der Waals surface area contributed by atoms with Gasteiger partial charge in [-0.1, -0.05) is 26.0 Å². The Kier molecular flexibility index (Phi) is 2.90. The van der Waals surface area contributed by atoms with Gasteiger partial charge in [-0.15, -0.1) is 0 Å². The third-order valence-corrected chi connectivity index (χ3v) is 3.34. The van der Waals surface area contributed by atoms with Gasteiger partial charge in [-0.2, -0.15) is 0 Å². The highest BCUT2D eigenvalue weighted by Gasteiger charge is 2.28. The second kappa shape index (κ2) is 4.10. The van der Waals surface area contributed by atoms with Crippen LogP contribution >= 0.6 is 0 Å². The first-order valence-corrected chi connectivity index (χ1v) is 5.93. The zero-order valence-corrected chi connectivity index (χ0v) is 10.8. The number of hydrogen-bond acceptors (Lipinski definition) is 1. The number of nitrogens with zero attached hydrogens (tertiary/aromatic N) is 1. The van der Waals surface area contributed by atoms with Gasteiger partial charge in [0.05, 0.1) is 11.4 Å². The van der Waals surface area contributed by atoms with Crippen LogP contribution in [0.4, 0.5) is 4.39 Å². The zero-order chi connectivity index (χ0) is 12.6. The van der Waals surface area contributed by atoms with Crippen LogP contribution in [0.25, 0.3) is 5.57 Å². The fourth-order valence-corrected chi connectivity index (χ4v) is 2.48. The van der Waals surface area contributed by atoms with E-state index in [2.05, 4.69) is 37.9 Å². The van der Waals surface area contributed by atoms with E-state index < -0.39 is 0 Å². The standard InChI is InChI=1S/C15H18FN/c1-10-6-5-9-15(3,4)14(10)13-8-7-12(16)11(2)17-13/h5-8H,9H2,1-4H3. The summed E-state index contributed by atoms with van der Waals surface area (Å²) in [5.74, 6) is -0.240. The SMILES string of the molecule is CC1=C(c2ccc(F)c(C)n2)C(C)(C)CC=C1. The maximum absolute atomic E-state index is 13.3. The molecule has 0 bridgehead atoms. The van der Waals surface area contributed by atoms with Crippen LogP contribution in [0.5, 0.6) is 0 Å².